The zero-order valence-corrected chi connectivity index (χ0v) is 11.3. The third kappa shape index (κ3) is 2.77. The van der Waals surface area contributed by atoms with Crippen LogP contribution in [-0.2, 0) is 0 Å². The summed E-state index contributed by atoms with van der Waals surface area (Å²) in [6.07, 6.45) is 3.50. The van der Waals surface area contributed by atoms with Gasteiger partial charge in [0.1, 0.15) is 0 Å². The Labute approximate surface area is 115 Å². The highest BCUT2D eigenvalue weighted by molar-refractivity contribution is 5.73. The molecule has 0 spiro atoms. The molecule has 0 bridgehead atoms. The van der Waals surface area contributed by atoms with Gasteiger partial charge in [-0.25, -0.2) is 0 Å². The van der Waals surface area contributed by atoms with E-state index in [-0.39, 0.29) is 0 Å². The molecule has 0 amide bonds. The van der Waals surface area contributed by atoms with Gasteiger partial charge in [0.2, 0.25) is 0 Å². The van der Waals surface area contributed by atoms with Crippen LogP contribution in [0.2, 0.25) is 0 Å². The SMILES string of the molecule is CN1CC=C(c2cccc(-c3ccccc3)c2)CC1. The third-order valence-electron chi connectivity index (χ3n) is 3.75. The molecule has 2 aromatic carbocycles. The van der Waals surface area contributed by atoms with E-state index in [1.165, 1.54) is 22.3 Å². The average molecular weight is 249 g/mol. The summed E-state index contributed by atoms with van der Waals surface area (Å²) in [5.74, 6) is 0. The van der Waals surface area contributed by atoms with Crippen LogP contribution in [0.4, 0.5) is 0 Å². The van der Waals surface area contributed by atoms with Gasteiger partial charge in [-0.1, -0.05) is 54.6 Å². The van der Waals surface area contributed by atoms with Crippen molar-refractivity contribution in [2.24, 2.45) is 0 Å². The maximum atomic E-state index is 2.35. The van der Waals surface area contributed by atoms with Gasteiger partial charge in [-0.3, -0.25) is 0 Å². The Morgan fingerprint density at radius 3 is 2.32 bits per heavy atom. The molecule has 0 radical (unpaired) electrons. The predicted molar refractivity (Wildman–Crippen MR) is 82.0 cm³/mol. The van der Waals surface area contributed by atoms with Crippen LogP contribution in [0, 0.1) is 0 Å². The molecule has 3 rings (SSSR count). The van der Waals surface area contributed by atoms with E-state index in [9.17, 15) is 0 Å². The standard InChI is InChI=1S/C18H19N/c1-19-12-10-16(11-13-19)18-9-5-8-17(14-18)15-6-3-2-4-7-15/h2-10,14H,11-13H2,1H3. The molecular weight excluding hydrogens is 230 g/mol. The minimum absolute atomic E-state index is 1.06. The van der Waals surface area contributed by atoms with E-state index in [4.69, 9.17) is 0 Å². The van der Waals surface area contributed by atoms with Gasteiger partial charge in [0, 0.05) is 13.1 Å². The van der Waals surface area contributed by atoms with Gasteiger partial charge in [-0.15, -0.1) is 0 Å². The first kappa shape index (κ1) is 12.2. The Morgan fingerprint density at radius 1 is 0.842 bits per heavy atom. The van der Waals surface area contributed by atoms with Crippen LogP contribution < -0.4 is 0 Å². The van der Waals surface area contributed by atoms with Crippen molar-refractivity contribution in [2.75, 3.05) is 20.1 Å². The van der Waals surface area contributed by atoms with Crippen molar-refractivity contribution in [3.8, 4) is 11.1 Å². The molecule has 96 valence electrons. The van der Waals surface area contributed by atoms with Gasteiger partial charge in [-0.05, 0) is 41.8 Å². The summed E-state index contributed by atoms with van der Waals surface area (Å²) in [7, 11) is 2.17. The lowest BCUT2D eigenvalue weighted by atomic mass is 9.96. The lowest BCUT2D eigenvalue weighted by molar-refractivity contribution is 0.370. The Hall–Kier alpha value is -1.86. The van der Waals surface area contributed by atoms with Crippen molar-refractivity contribution in [3.63, 3.8) is 0 Å². The minimum Gasteiger partial charge on any atom is -0.302 e. The highest BCUT2D eigenvalue weighted by atomic mass is 15.1. The highest BCUT2D eigenvalue weighted by Gasteiger charge is 2.10. The van der Waals surface area contributed by atoms with Crippen LogP contribution in [0.25, 0.3) is 16.7 Å². The van der Waals surface area contributed by atoms with Crippen LogP contribution in [0.3, 0.4) is 0 Å². The fourth-order valence-electron chi connectivity index (χ4n) is 2.56. The summed E-state index contributed by atoms with van der Waals surface area (Å²) in [5, 5.41) is 0. The summed E-state index contributed by atoms with van der Waals surface area (Å²) in [4.78, 5) is 2.35. The van der Waals surface area contributed by atoms with E-state index in [1.807, 2.05) is 0 Å². The van der Waals surface area contributed by atoms with Crippen LogP contribution >= 0.6 is 0 Å². The van der Waals surface area contributed by atoms with E-state index in [0.29, 0.717) is 0 Å². The Bertz CT molecular complexity index is 584. The number of hydrogen-bond acceptors (Lipinski definition) is 1. The summed E-state index contributed by atoms with van der Waals surface area (Å²) >= 11 is 0. The summed E-state index contributed by atoms with van der Waals surface area (Å²) in [5.41, 5.74) is 5.45. The molecule has 0 saturated heterocycles. The molecule has 0 aliphatic carbocycles. The molecule has 1 heteroatoms. The van der Waals surface area contributed by atoms with Crippen molar-refractivity contribution < 1.29 is 0 Å². The molecule has 0 N–H and O–H groups in total. The second-order valence-electron chi connectivity index (χ2n) is 5.19. The first-order valence-corrected chi connectivity index (χ1v) is 6.86. The Morgan fingerprint density at radius 2 is 1.58 bits per heavy atom. The maximum Gasteiger partial charge on any atom is 0.0166 e. The molecule has 0 fully saturated rings. The number of rotatable bonds is 2. The summed E-state index contributed by atoms with van der Waals surface area (Å²) < 4.78 is 0. The predicted octanol–water partition coefficient (Wildman–Crippen LogP) is 4.07. The fraction of sp³-hybridized carbons (Fsp3) is 0.222. The molecule has 1 aliphatic heterocycles. The van der Waals surface area contributed by atoms with Crippen molar-refractivity contribution in [1.82, 2.24) is 4.90 Å². The van der Waals surface area contributed by atoms with Crippen molar-refractivity contribution in [2.45, 2.75) is 6.42 Å². The molecule has 1 aliphatic rings. The normalized spacial score (nSPS) is 16.2. The first-order chi connectivity index (χ1) is 9.33. The first-order valence-electron chi connectivity index (χ1n) is 6.86. The Kier molecular flexibility index (Phi) is 3.47. The third-order valence-corrected chi connectivity index (χ3v) is 3.75. The van der Waals surface area contributed by atoms with Crippen LogP contribution in [0.5, 0.6) is 0 Å². The van der Waals surface area contributed by atoms with Gasteiger partial charge >= 0.3 is 0 Å². The second-order valence-corrected chi connectivity index (χ2v) is 5.19. The van der Waals surface area contributed by atoms with E-state index < -0.39 is 0 Å². The molecule has 0 saturated carbocycles. The van der Waals surface area contributed by atoms with E-state index in [0.717, 1.165) is 19.5 Å². The molecule has 0 unspecified atom stereocenters. The summed E-state index contributed by atoms with van der Waals surface area (Å²) in [6.45, 7) is 2.21. The zero-order chi connectivity index (χ0) is 13.1. The van der Waals surface area contributed by atoms with Gasteiger partial charge in [0.05, 0.1) is 0 Å². The van der Waals surface area contributed by atoms with Crippen LogP contribution in [0.1, 0.15) is 12.0 Å². The highest BCUT2D eigenvalue weighted by Crippen LogP contribution is 2.26. The molecule has 2 aromatic rings. The van der Waals surface area contributed by atoms with Crippen LogP contribution in [0.15, 0.2) is 60.7 Å². The number of hydrogen-bond donors (Lipinski definition) is 0. The van der Waals surface area contributed by atoms with Gasteiger partial charge in [0.25, 0.3) is 0 Å². The smallest absolute Gasteiger partial charge is 0.0166 e. The number of nitrogens with zero attached hydrogens (tertiary/aromatic N) is 1. The Balaban J connectivity index is 1.93. The van der Waals surface area contributed by atoms with Crippen molar-refractivity contribution in [3.05, 3.63) is 66.2 Å². The minimum atomic E-state index is 1.06. The molecule has 19 heavy (non-hydrogen) atoms. The van der Waals surface area contributed by atoms with E-state index in [1.54, 1.807) is 0 Å². The van der Waals surface area contributed by atoms with Crippen LogP contribution in [-0.4, -0.2) is 25.0 Å². The molecule has 1 nitrogen and oxygen atoms in total. The topological polar surface area (TPSA) is 3.24 Å². The maximum absolute atomic E-state index is 2.35. The van der Waals surface area contributed by atoms with E-state index in [2.05, 4.69) is 72.6 Å². The van der Waals surface area contributed by atoms with Gasteiger partial charge in [0.15, 0.2) is 0 Å². The van der Waals surface area contributed by atoms with Gasteiger partial charge < -0.3 is 4.90 Å². The average Bonchev–Trinajstić information content (AvgIpc) is 2.49. The lowest BCUT2D eigenvalue weighted by Gasteiger charge is -2.22. The zero-order valence-electron chi connectivity index (χ0n) is 11.3. The van der Waals surface area contributed by atoms with Gasteiger partial charge in [-0.2, -0.15) is 0 Å². The molecular formula is C18H19N. The number of benzene rings is 2. The monoisotopic (exact) mass is 249 g/mol. The quantitative estimate of drug-likeness (QED) is 0.775. The second kappa shape index (κ2) is 5.41. The molecule has 0 atom stereocenters. The fourth-order valence-corrected chi connectivity index (χ4v) is 2.56. The largest absolute Gasteiger partial charge is 0.302 e. The van der Waals surface area contributed by atoms with Crippen molar-refractivity contribution >= 4 is 5.57 Å². The van der Waals surface area contributed by atoms with E-state index >= 15 is 0 Å². The summed E-state index contributed by atoms with van der Waals surface area (Å²) in [6, 6.07) is 19.5. The molecule has 1 heterocycles. The molecule has 0 aromatic heterocycles. The lowest BCUT2D eigenvalue weighted by Crippen LogP contribution is -2.23. The number of likely N-dealkylation sites (N-methyl/N-ethyl adjacent to an activating group) is 1. The van der Waals surface area contributed by atoms with Crippen molar-refractivity contribution in [1.29, 1.82) is 0 Å².